The van der Waals surface area contributed by atoms with Gasteiger partial charge in [-0.2, -0.15) is 0 Å². The van der Waals surface area contributed by atoms with Gasteiger partial charge >= 0.3 is 0 Å². The Morgan fingerprint density at radius 3 is 1.08 bits per heavy atom. The van der Waals surface area contributed by atoms with Gasteiger partial charge in [-0.3, -0.25) is 0 Å². The van der Waals surface area contributed by atoms with Gasteiger partial charge in [-0.15, -0.1) is 0 Å². The summed E-state index contributed by atoms with van der Waals surface area (Å²) in [6.45, 7) is 9.79. The number of rotatable bonds is 3. The molecule has 0 unspecified atom stereocenters. The summed E-state index contributed by atoms with van der Waals surface area (Å²) in [7, 11) is 1.03. The number of hydrogen-bond donors (Lipinski definition) is 0. The largest absolute Gasteiger partial charge is 0.0993 e. The van der Waals surface area contributed by atoms with E-state index >= 15 is 0 Å². The van der Waals surface area contributed by atoms with Crippen LogP contribution in [0.25, 0.3) is 0 Å². The zero-order chi connectivity index (χ0) is 8.88. The van der Waals surface area contributed by atoms with Gasteiger partial charge in [-0.05, 0) is 35.0 Å². The first-order valence-electron chi connectivity index (χ1n) is 5.14. The molecule has 2 saturated heterocycles. The molecule has 0 aliphatic carbocycles. The molecule has 12 heavy (non-hydrogen) atoms. The highest BCUT2D eigenvalue weighted by Crippen LogP contribution is 2.71. The van der Waals surface area contributed by atoms with Crippen molar-refractivity contribution in [2.45, 2.75) is 50.3 Å². The van der Waals surface area contributed by atoms with Crippen LogP contribution in [-0.2, 0) is 0 Å². The van der Waals surface area contributed by atoms with Gasteiger partial charge in [-0.1, -0.05) is 43.5 Å². The van der Waals surface area contributed by atoms with Crippen LogP contribution in [0.4, 0.5) is 0 Å². The monoisotopic (exact) mass is 202 g/mol. The lowest BCUT2D eigenvalue weighted by Gasteiger charge is -1.97. The molecule has 2 fully saturated rings. The Labute approximate surface area is 79.0 Å². The fraction of sp³-hybridized carbons (Fsp3) is 1.00. The SMILES string of the molecule is C[C@H]1[C@H](C)P1CCP1[C@@H](C)[C@@H]1C. The van der Waals surface area contributed by atoms with Crippen LogP contribution in [0.15, 0.2) is 0 Å². The van der Waals surface area contributed by atoms with E-state index in [1.807, 2.05) is 0 Å². The average molecular weight is 202 g/mol. The highest BCUT2D eigenvalue weighted by molar-refractivity contribution is 7.71. The third kappa shape index (κ3) is 1.58. The molecule has 2 aliphatic rings. The van der Waals surface area contributed by atoms with Crippen LogP contribution in [0.3, 0.4) is 0 Å². The van der Waals surface area contributed by atoms with Gasteiger partial charge in [0, 0.05) is 0 Å². The van der Waals surface area contributed by atoms with Crippen LogP contribution in [-0.4, -0.2) is 35.0 Å². The van der Waals surface area contributed by atoms with Crippen molar-refractivity contribution in [1.29, 1.82) is 0 Å². The van der Waals surface area contributed by atoms with Gasteiger partial charge in [0.25, 0.3) is 0 Å². The van der Waals surface area contributed by atoms with Crippen molar-refractivity contribution >= 4 is 15.8 Å². The lowest BCUT2D eigenvalue weighted by molar-refractivity contribution is 1.05. The van der Waals surface area contributed by atoms with E-state index in [2.05, 4.69) is 27.7 Å². The molecule has 0 saturated carbocycles. The predicted octanol–water partition coefficient (Wildman–Crippen LogP) is 3.53. The molecule has 0 aromatic carbocycles. The highest BCUT2D eigenvalue weighted by Gasteiger charge is 2.46. The molecule has 0 aromatic heterocycles. The molecular formula is C10H20P2. The molecule has 0 spiro atoms. The highest BCUT2D eigenvalue weighted by atomic mass is 31.1. The Bertz CT molecular complexity index is 145. The van der Waals surface area contributed by atoms with Crippen molar-refractivity contribution in [2.24, 2.45) is 0 Å². The van der Waals surface area contributed by atoms with Crippen LogP contribution in [0.1, 0.15) is 27.7 Å². The molecule has 0 N–H and O–H groups in total. The Morgan fingerprint density at radius 2 is 0.917 bits per heavy atom. The average Bonchev–Trinajstić information content (AvgIpc) is 2.79. The fourth-order valence-electron chi connectivity index (χ4n) is 2.20. The van der Waals surface area contributed by atoms with Gasteiger partial charge in [0.1, 0.15) is 0 Å². The normalized spacial score (nSPS) is 57.0. The van der Waals surface area contributed by atoms with Crippen molar-refractivity contribution in [1.82, 2.24) is 0 Å². The molecule has 0 amide bonds. The van der Waals surface area contributed by atoms with E-state index in [0.717, 1.165) is 22.6 Å². The van der Waals surface area contributed by atoms with E-state index in [4.69, 9.17) is 0 Å². The van der Waals surface area contributed by atoms with Crippen molar-refractivity contribution in [3.05, 3.63) is 0 Å². The summed E-state index contributed by atoms with van der Waals surface area (Å²) in [6.07, 6.45) is 3.22. The molecule has 2 heterocycles. The second-order valence-corrected chi connectivity index (χ2v) is 10.6. The van der Waals surface area contributed by atoms with Crippen molar-refractivity contribution in [3.63, 3.8) is 0 Å². The van der Waals surface area contributed by atoms with Gasteiger partial charge in [0.05, 0.1) is 0 Å². The molecule has 2 aliphatic heterocycles. The van der Waals surface area contributed by atoms with Crippen molar-refractivity contribution in [2.75, 3.05) is 12.3 Å². The summed E-state index contributed by atoms with van der Waals surface area (Å²) in [4.78, 5) is 0. The van der Waals surface area contributed by atoms with Gasteiger partial charge in [-0.25, -0.2) is 0 Å². The molecule has 0 bridgehead atoms. The van der Waals surface area contributed by atoms with E-state index in [1.165, 1.54) is 0 Å². The Balaban J connectivity index is 1.65. The Hall–Kier alpha value is 0.860. The zero-order valence-corrected chi connectivity index (χ0v) is 10.4. The second-order valence-electron chi connectivity index (χ2n) is 4.44. The van der Waals surface area contributed by atoms with E-state index in [9.17, 15) is 0 Å². The van der Waals surface area contributed by atoms with E-state index in [0.29, 0.717) is 15.8 Å². The smallest absolute Gasteiger partial charge is 0.0170 e. The predicted molar refractivity (Wildman–Crippen MR) is 61.4 cm³/mol. The first-order valence-corrected chi connectivity index (χ1v) is 8.47. The Morgan fingerprint density at radius 1 is 0.667 bits per heavy atom. The lowest BCUT2D eigenvalue weighted by Crippen LogP contribution is -1.79. The fourth-order valence-corrected chi connectivity index (χ4v) is 8.56. The quantitative estimate of drug-likeness (QED) is 0.614. The van der Waals surface area contributed by atoms with E-state index in [1.54, 1.807) is 12.3 Å². The third-order valence-electron chi connectivity index (χ3n) is 3.93. The van der Waals surface area contributed by atoms with Crippen LogP contribution in [0.2, 0.25) is 0 Å². The summed E-state index contributed by atoms with van der Waals surface area (Å²) in [5.41, 5.74) is 4.45. The van der Waals surface area contributed by atoms with Crippen LogP contribution in [0, 0.1) is 0 Å². The van der Waals surface area contributed by atoms with Gasteiger partial charge in [0.2, 0.25) is 0 Å². The first kappa shape index (κ1) is 9.42. The topological polar surface area (TPSA) is 0 Å². The molecule has 2 heteroatoms. The van der Waals surface area contributed by atoms with Crippen molar-refractivity contribution < 1.29 is 0 Å². The molecule has 2 rings (SSSR count). The van der Waals surface area contributed by atoms with Crippen molar-refractivity contribution in [3.8, 4) is 0 Å². The minimum absolute atomic E-state index is 0.513. The maximum absolute atomic E-state index is 2.45. The molecule has 4 atom stereocenters. The Kier molecular flexibility index (Phi) is 2.52. The van der Waals surface area contributed by atoms with Gasteiger partial charge in [0.15, 0.2) is 0 Å². The summed E-state index contributed by atoms with van der Waals surface area (Å²) in [5.74, 6) is 0. The van der Waals surface area contributed by atoms with Gasteiger partial charge < -0.3 is 0 Å². The second kappa shape index (κ2) is 3.21. The van der Waals surface area contributed by atoms with E-state index < -0.39 is 0 Å². The third-order valence-corrected chi connectivity index (χ3v) is 11.0. The minimum Gasteiger partial charge on any atom is -0.0993 e. The maximum atomic E-state index is 2.45. The van der Waals surface area contributed by atoms with Crippen LogP contribution in [0.5, 0.6) is 0 Å². The van der Waals surface area contributed by atoms with E-state index in [-0.39, 0.29) is 0 Å². The summed E-state index contributed by atoms with van der Waals surface area (Å²) >= 11 is 0. The molecule has 0 nitrogen and oxygen atoms in total. The first-order chi connectivity index (χ1) is 5.63. The summed E-state index contributed by atoms with van der Waals surface area (Å²) in [5, 5.41) is 0. The zero-order valence-electron chi connectivity index (χ0n) is 8.62. The maximum Gasteiger partial charge on any atom is -0.0170 e. The minimum atomic E-state index is 0.513. The molecule has 0 aromatic rings. The van der Waals surface area contributed by atoms with Crippen LogP contribution < -0.4 is 0 Å². The summed E-state index contributed by atoms with van der Waals surface area (Å²) in [6, 6.07) is 0. The lowest BCUT2D eigenvalue weighted by atomic mass is 10.4. The molecular weight excluding hydrogens is 182 g/mol. The standard InChI is InChI=1S/C10H20P2/c1-7-8(2)11(7)5-6-12-9(3)10(12)4/h7-10H,5-6H2,1-4H3/t7-,8-,9-,10-/m0/s1. The molecule has 0 radical (unpaired) electrons. The number of hydrogen-bond acceptors (Lipinski definition) is 0. The van der Waals surface area contributed by atoms with Crippen LogP contribution >= 0.6 is 15.8 Å². The summed E-state index contributed by atoms with van der Waals surface area (Å²) < 4.78 is 0. The molecule has 70 valence electrons.